The van der Waals surface area contributed by atoms with E-state index in [-0.39, 0.29) is 0 Å². The molecule has 0 aliphatic carbocycles. The molecule has 20 heavy (non-hydrogen) atoms. The van der Waals surface area contributed by atoms with Crippen LogP contribution in [0.4, 0.5) is 0 Å². The Balaban J connectivity index is 1.45. The quantitative estimate of drug-likeness (QED) is 0.902. The van der Waals surface area contributed by atoms with Gasteiger partial charge in [0.25, 0.3) is 0 Å². The van der Waals surface area contributed by atoms with Crippen LogP contribution in [0, 0.1) is 0 Å². The van der Waals surface area contributed by atoms with Gasteiger partial charge in [0.05, 0.1) is 5.69 Å². The van der Waals surface area contributed by atoms with Crippen molar-refractivity contribution in [2.24, 2.45) is 0 Å². The number of aromatic nitrogens is 1. The van der Waals surface area contributed by atoms with E-state index in [1.165, 1.54) is 18.5 Å². The second-order valence-electron chi connectivity index (χ2n) is 5.41. The predicted molar refractivity (Wildman–Crippen MR) is 81.2 cm³/mol. The monoisotopic (exact) mass is 267 g/mol. The normalized spacial score (nSPS) is 19.3. The number of hydrogen-bond donors (Lipinski definition) is 1. The van der Waals surface area contributed by atoms with Crippen molar-refractivity contribution in [3.63, 3.8) is 0 Å². The van der Waals surface area contributed by atoms with Crippen molar-refractivity contribution in [1.82, 2.24) is 15.2 Å². The van der Waals surface area contributed by atoms with Gasteiger partial charge in [-0.15, -0.1) is 0 Å². The number of pyridine rings is 1. The summed E-state index contributed by atoms with van der Waals surface area (Å²) in [5.41, 5.74) is 2.52. The average Bonchev–Trinajstić information content (AvgIpc) is 2.95. The summed E-state index contributed by atoms with van der Waals surface area (Å²) in [6.07, 6.45) is 3.08. The van der Waals surface area contributed by atoms with Crippen molar-refractivity contribution < 1.29 is 0 Å². The number of hydrogen-bond acceptors (Lipinski definition) is 3. The first-order valence-electron chi connectivity index (χ1n) is 7.30. The third kappa shape index (κ3) is 3.65. The summed E-state index contributed by atoms with van der Waals surface area (Å²) in [7, 11) is 0. The maximum Gasteiger partial charge on any atom is 0.0541 e. The number of rotatable bonds is 5. The summed E-state index contributed by atoms with van der Waals surface area (Å²) in [6.45, 7) is 4.23. The van der Waals surface area contributed by atoms with Gasteiger partial charge in [0, 0.05) is 38.4 Å². The van der Waals surface area contributed by atoms with E-state index in [1.54, 1.807) is 0 Å². The Morgan fingerprint density at radius 3 is 2.75 bits per heavy atom. The van der Waals surface area contributed by atoms with Crippen LogP contribution >= 0.6 is 0 Å². The van der Waals surface area contributed by atoms with Gasteiger partial charge in [-0.05, 0) is 24.1 Å². The van der Waals surface area contributed by atoms with Crippen LogP contribution in [-0.2, 0) is 13.1 Å². The van der Waals surface area contributed by atoms with E-state index in [2.05, 4.69) is 51.6 Å². The van der Waals surface area contributed by atoms with Gasteiger partial charge in [-0.3, -0.25) is 9.88 Å². The van der Waals surface area contributed by atoms with Gasteiger partial charge in [-0.25, -0.2) is 0 Å². The molecular weight excluding hydrogens is 246 g/mol. The van der Waals surface area contributed by atoms with Crippen LogP contribution in [0.1, 0.15) is 17.7 Å². The van der Waals surface area contributed by atoms with Crippen molar-refractivity contribution in [1.29, 1.82) is 0 Å². The largest absolute Gasteiger partial charge is 0.307 e. The molecule has 0 bridgehead atoms. The lowest BCUT2D eigenvalue weighted by Gasteiger charge is -2.16. The first kappa shape index (κ1) is 13.3. The van der Waals surface area contributed by atoms with E-state index in [0.29, 0.717) is 6.04 Å². The highest BCUT2D eigenvalue weighted by Crippen LogP contribution is 2.13. The van der Waals surface area contributed by atoms with E-state index in [1.807, 2.05) is 18.3 Å². The van der Waals surface area contributed by atoms with E-state index in [9.17, 15) is 0 Å². The van der Waals surface area contributed by atoms with Crippen molar-refractivity contribution in [2.45, 2.75) is 25.6 Å². The van der Waals surface area contributed by atoms with Crippen molar-refractivity contribution in [3.8, 4) is 0 Å². The maximum absolute atomic E-state index is 4.35. The molecular formula is C17H21N3. The fourth-order valence-electron chi connectivity index (χ4n) is 2.74. The van der Waals surface area contributed by atoms with Gasteiger partial charge in [0.2, 0.25) is 0 Å². The van der Waals surface area contributed by atoms with Gasteiger partial charge in [-0.2, -0.15) is 0 Å². The van der Waals surface area contributed by atoms with Gasteiger partial charge in [0.1, 0.15) is 0 Å². The molecule has 2 heterocycles. The highest BCUT2D eigenvalue weighted by Gasteiger charge is 2.21. The Kier molecular flexibility index (Phi) is 4.41. The van der Waals surface area contributed by atoms with Crippen molar-refractivity contribution in [3.05, 3.63) is 66.0 Å². The molecule has 1 aromatic heterocycles. The Labute approximate surface area is 120 Å². The van der Waals surface area contributed by atoms with Crippen LogP contribution in [0.15, 0.2) is 54.7 Å². The summed E-state index contributed by atoms with van der Waals surface area (Å²) in [5.74, 6) is 0. The smallest absolute Gasteiger partial charge is 0.0541 e. The second-order valence-corrected chi connectivity index (χ2v) is 5.41. The fraction of sp³-hybridized carbons (Fsp3) is 0.353. The summed E-state index contributed by atoms with van der Waals surface area (Å²) in [6, 6.07) is 17.4. The van der Waals surface area contributed by atoms with Gasteiger partial charge in [0.15, 0.2) is 0 Å². The van der Waals surface area contributed by atoms with Gasteiger partial charge in [-0.1, -0.05) is 36.4 Å². The molecule has 2 aromatic rings. The highest BCUT2D eigenvalue weighted by molar-refractivity contribution is 5.14. The summed E-state index contributed by atoms with van der Waals surface area (Å²) < 4.78 is 0. The van der Waals surface area contributed by atoms with E-state index in [0.717, 1.165) is 25.3 Å². The van der Waals surface area contributed by atoms with Crippen LogP contribution in [0.3, 0.4) is 0 Å². The summed E-state index contributed by atoms with van der Waals surface area (Å²) in [5, 5.41) is 3.61. The third-order valence-electron chi connectivity index (χ3n) is 3.82. The van der Waals surface area contributed by atoms with Crippen molar-refractivity contribution >= 4 is 0 Å². The first-order valence-corrected chi connectivity index (χ1v) is 7.30. The standard InChI is InChI=1S/C17H21N3/c1-2-6-15(7-3-1)13-20-11-9-17(14-20)19-12-16-8-4-5-10-18-16/h1-8,10,17,19H,9,11-14H2. The van der Waals surface area contributed by atoms with E-state index >= 15 is 0 Å². The number of nitrogens with one attached hydrogen (secondary N) is 1. The van der Waals surface area contributed by atoms with E-state index < -0.39 is 0 Å². The van der Waals surface area contributed by atoms with E-state index in [4.69, 9.17) is 0 Å². The van der Waals surface area contributed by atoms with Crippen LogP contribution in [-0.4, -0.2) is 29.0 Å². The first-order chi connectivity index (χ1) is 9.90. The van der Waals surface area contributed by atoms with Gasteiger partial charge < -0.3 is 5.32 Å². The molecule has 1 fully saturated rings. The molecule has 1 unspecified atom stereocenters. The molecule has 1 aromatic carbocycles. The molecule has 1 aliphatic rings. The lowest BCUT2D eigenvalue weighted by atomic mass is 10.2. The molecule has 3 nitrogen and oxygen atoms in total. The molecule has 104 valence electrons. The molecule has 0 spiro atoms. The topological polar surface area (TPSA) is 28.2 Å². The molecule has 1 saturated heterocycles. The lowest BCUT2D eigenvalue weighted by molar-refractivity contribution is 0.319. The molecule has 1 N–H and O–H groups in total. The minimum Gasteiger partial charge on any atom is -0.307 e. The second kappa shape index (κ2) is 6.64. The maximum atomic E-state index is 4.35. The van der Waals surface area contributed by atoms with Crippen LogP contribution < -0.4 is 5.32 Å². The van der Waals surface area contributed by atoms with Crippen LogP contribution in [0.2, 0.25) is 0 Å². The summed E-state index contributed by atoms with van der Waals surface area (Å²) >= 11 is 0. The third-order valence-corrected chi connectivity index (χ3v) is 3.82. The molecule has 1 atom stereocenters. The Morgan fingerprint density at radius 2 is 1.95 bits per heavy atom. The Hall–Kier alpha value is -1.71. The molecule has 3 rings (SSSR count). The molecule has 0 saturated carbocycles. The zero-order valence-electron chi connectivity index (χ0n) is 11.7. The SMILES string of the molecule is c1ccc(CN2CCC(NCc3ccccn3)C2)cc1. The number of likely N-dealkylation sites (tertiary alicyclic amines) is 1. The van der Waals surface area contributed by atoms with Crippen molar-refractivity contribution in [2.75, 3.05) is 13.1 Å². The number of nitrogens with zero attached hydrogens (tertiary/aromatic N) is 2. The van der Waals surface area contributed by atoms with Crippen LogP contribution in [0.25, 0.3) is 0 Å². The molecule has 3 heteroatoms. The summed E-state index contributed by atoms with van der Waals surface area (Å²) in [4.78, 5) is 6.87. The lowest BCUT2D eigenvalue weighted by Crippen LogP contribution is -2.32. The molecule has 1 aliphatic heterocycles. The minimum atomic E-state index is 0.584. The zero-order valence-corrected chi connectivity index (χ0v) is 11.7. The average molecular weight is 267 g/mol. The fourth-order valence-corrected chi connectivity index (χ4v) is 2.74. The number of benzene rings is 1. The molecule has 0 radical (unpaired) electrons. The predicted octanol–water partition coefficient (Wildman–Crippen LogP) is 2.45. The minimum absolute atomic E-state index is 0.584. The highest BCUT2D eigenvalue weighted by atomic mass is 15.2. The Morgan fingerprint density at radius 1 is 1.10 bits per heavy atom. The van der Waals surface area contributed by atoms with Crippen LogP contribution in [0.5, 0.6) is 0 Å². The molecule has 0 amide bonds. The zero-order chi connectivity index (χ0) is 13.6. The Bertz CT molecular complexity index is 512. The van der Waals surface area contributed by atoms with Gasteiger partial charge >= 0.3 is 0 Å².